The SMILES string of the molecule is [CH2]C(NC(=O)CCCCCCC/C=C\CCCCCCCC)NC(=O)CCCCCCC/C=C\CCCCCCCC. The van der Waals surface area contributed by atoms with E-state index in [4.69, 9.17) is 0 Å². The number of nitrogens with one attached hydrogen (secondary N) is 2. The van der Waals surface area contributed by atoms with Gasteiger partial charge in [0.2, 0.25) is 11.8 Å². The number of rotatable bonds is 32. The van der Waals surface area contributed by atoms with Gasteiger partial charge in [0.15, 0.2) is 0 Å². The van der Waals surface area contributed by atoms with Gasteiger partial charge >= 0.3 is 0 Å². The Morgan fingerprint density at radius 3 is 1.02 bits per heavy atom. The van der Waals surface area contributed by atoms with Gasteiger partial charge in [-0.05, 0) is 71.1 Å². The van der Waals surface area contributed by atoms with Crippen molar-refractivity contribution in [2.24, 2.45) is 0 Å². The van der Waals surface area contributed by atoms with Crippen molar-refractivity contribution in [2.45, 2.75) is 200 Å². The summed E-state index contributed by atoms with van der Waals surface area (Å²) in [6, 6.07) is 0. The van der Waals surface area contributed by atoms with Crippen molar-refractivity contribution in [3.8, 4) is 0 Å². The zero-order valence-corrected chi connectivity index (χ0v) is 28.2. The summed E-state index contributed by atoms with van der Waals surface area (Å²) in [5, 5.41) is 5.63. The van der Waals surface area contributed by atoms with E-state index in [0.29, 0.717) is 12.8 Å². The van der Waals surface area contributed by atoms with E-state index in [9.17, 15) is 9.59 Å². The molecule has 245 valence electrons. The minimum Gasteiger partial charge on any atom is -0.336 e. The lowest BCUT2D eigenvalue weighted by atomic mass is 10.1. The Morgan fingerprint density at radius 1 is 0.452 bits per heavy atom. The molecule has 42 heavy (non-hydrogen) atoms. The van der Waals surface area contributed by atoms with E-state index in [0.717, 1.165) is 25.7 Å². The van der Waals surface area contributed by atoms with Crippen molar-refractivity contribution in [3.05, 3.63) is 31.2 Å². The average molecular weight is 588 g/mol. The van der Waals surface area contributed by atoms with E-state index < -0.39 is 6.17 Å². The smallest absolute Gasteiger partial charge is 0.221 e. The molecule has 1 radical (unpaired) electrons. The predicted molar refractivity (Wildman–Crippen MR) is 184 cm³/mol. The maximum absolute atomic E-state index is 12.2. The van der Waals surface area contributed by atoms with Crippen LogP contribution in [0.2, 0.25) is 0 Å². The standard InChI is InChI=1S/C38H71N2O2/c1-4-6-8-10-12-14-16-18-20-22-24-26-28-30-32-34-37(41)39-36(3)40-38(42)35-33-31-29-27-25-23-21-19-17-15-13-11-9-7-5-2/h18-21,36H,3-17,22-35H2,1-2H3,(H,39,41)(H,40,42)/b20-18-,21-19-. The van der Waals surface area contributed by atoms with E-state index in [1.54, 1.807) is 0 Å². The molecule has 0 aromatic heterocycles. The number of hydrogen-bond acceptors (Lipinski definition) is 2. The third kappa shape index (κ3) is 32.9. The van der Waals surface area contributed by atoms with Crippen molar-refractivity contribution in [1.29, 1.82) is 0 Å². The lowest BCUT2D eigenvalue weighted by Crippen LogP contribution is -2.46. The molecule has 0 heterocycles. The Balaban J connectivity index is 3.48. The van der Waals surface area contributed by atoms with E-state index in [2.05, 4.69) is 55.7 Å². The van der Waals surface area contributed by atoms with Crippen LogP contribution < -0.4 is 10.6 Å². The fraction of sp³-hybridized carbons (Fsp3) is 0.816. The minimum absolute atomic E-state index is 0.0195. The summed E-state index contributed by atoms with van der Waals surface area (Å²) in [5.74, 6) is -0.0390. The van der Waals surface area contributed by atoms with Crippen LogP contribution in [-0.2, 0) is 9.59 Å². The molecular formula is C38H71N2O2. The van der Waals surface area contributed by atoms with Gasteiger partial charge in [-0.2, -0.15) is 0 Å². The van der Waals surface area contributed by atoms with Gasteiger partial charge in [-0.3, -0.25) is 9.59 Å². The fourth-order valence-electron chi connectivity index (χ4n) is 5.28. The maximum atomic E-state index is 12.2. The van der Waals surface area contributed by atoms with Gasteiger partial charge in [-0.25, -0.2) is 0 Å². The summed E-state index contributed by atoms with van der Waals surface area (Å²) >= 11 is 0. The van der Waals surface area contributed by atoms with Crippen LogP contribution in [0.1, 0.15) is 194 Å². The quantitative estimate of drug-likeness (QED) is 0.0467. The molecule has 0 rings (SSSR count). The van der Waals surface area contributed by atoms with Gasteiger partial charge in [0, 0.05) is 12.8 Å². The Kier molecular flexibility index (Phi) is 32.6. The second-order valence-electron chi connectivity index (χ2n) is 12.4. The van der Waals surface area contributed by atoms with Crippen LogP contribution in [0.15, 0.2) is 24.3 Å². The monoisotopic (exact) mass is 588 g/mol. The average Bonchev–Trinajstić information content (AvgIpc) is 2.97. The lowest BCUT2D eigenvalue weighted by Gasteiger charge is -2.15. The van der Waals surface area contributed by atoms with Crippen LogP contribution in [0.5, 0.6) is 0 Å². The second kappa shape index (κ2) is 33.9. The fourth-order valence-corrected chi connectivity index (χ4v) is 5.28. The zero-order valence-electron chi connectivity index (χ0n) is 28.2. The highest BCUT2D eigenvalue weighted by Gasteiger charge is 2.10. The summed E-state index contributed by atoms with van der Waals surface area (Å²) < 4.78 is 0. The van der Waals surface area contributed by atoms with Crippen LogP contribution >= 0.6 is 0 Å². The van der Waals surface area contributed by atoms with Crippen LogP contribution in [0.25, 0.3) is 0 Å². The third-order valence-corrected chi connectivity index (χ3v) is 8.00. The topological polar surface area (TPSA) is 58.2 Å². The summed E-state index contributed by atoms with van der Waals surface area (Å²) in [4.78, 5) is 24.3. The van der Waals surface area contributed by atoms with Crippen molar-refractivity contribution in [3.63, 3.8) is 0 Å². The molecule has 0 aliphatic carbocycles. The number of allylic oxidation sites excluding steroid dienone is 4. The van der Waals surface area contributed by atoms with Gasteiger partial charge in [0.05, 0.1) is 0 Å². The Hall–Kier alpha value is -1.58. The van der Waals surface area contributed by atoms with Gasteiger partial charge in [-0.15, -0.1) is 0 Å². The van der Waals surface area contributed by atoms with E-state index >= 15 is 0 Å². The first-order valence-corrected chi connectivity index (χ1v) is 18.3. The highest BCUT2D eigenvalue weighted by molar-refractivity contribution is 5.79. The van der Waals surface area contributed by atoms with Gasteiger partial charge in [0.1, 0.15) is 6.17 Å². The van der Waals surface area contributed by atoms with Crippen LogP contribution in [-0.4, -0.2) is 18.0 Å². The summed E-state index contributed by atoms with van der Waals surface area (Å²) in [7, 11) is 0. The molecule has 0 atom stereocenters. The molecule has 0 fully saturated rings. The van der Waals surface area contributed by atoms with E-state index in [1.165, 1.54) is 141 Å². The van der Waals surface area contributed by atoms with E-state index in [-0.39, 0.29) is 11.8 Å². The molecule has 0 aliphatic heterocycles. The largest absolute Gasteiger partial charge is 0.336 e. The van der Waals surface area contributed by atoms with Gasteiger partial charge in [-0.1, -0.05) is 141 Å². The number of carbonyl (C=O) groups excluding carboxylic acids is 2. The molecule has 0 aromatic rings. The number of amides is 2. The molecule has 2 N–H and O–H groups in total. The predicted octanol–water partition coefficient (Wildman–Crippen LogP) is 11.5. The van der Waals surface area contributed by atoms with Crippen LogP contribution in [0.4, 0.5) is 0 Å². The Bertz CT molecular complexity index is 589. The lowest BCUT2D eigenvalue weighted by molar-refractivity contribution is -0.124. The van der Waals surface area contributed by atoms with Crippen LogP contribution in [0.3, 0.4) is 0 Å². The molecule has 0 aromatic carbocycles. The van der Waals surface area contributed by atoms with Crippen molar-refractivity contribution in [2.75, 3.05) is 0 Å². The molecule has 2 amide bonds. The second-order valence-corrected chi connectivity index (χ2v) is 12.4. The Morgan fingerprint density at radius 2 is 0.714 bits per heavy atom. The zero-order chi connectivity index (χ0) is 30.8. The first-order valence-electron chi connectivity index (χ1n) is 18.3. The Labute approximate surface area is 262 Å². The maximum Gasteiger partial charge on any atom is 0.221 e. The molecule has 0 saturated heterocycles. The normalized spacial score (nSPS) is 11.7. The summed E-state index contributed by atoms with van der Waals surface area (Å²) in [6.07, 6.45) is 42.3. The van der Waals surface area contributed by atoms with Crippen LogP contribution in [0, 0.1) is 6.92 Å². The van der Waals surface area contributed by atoms with E-state index in [1.807, 2.05) is 0 Å². The summed E-state index contributed by atoms with van der Waals surface area (Å²) in [6.45, 7) is 8.42. The molecule has 0 spiro atoms. The highest BCUT2D eigenvalue weighted by Crippen LogP contribution is 2.11. The molecule has 4 nitrogen and oxygen atoms in total. The first kappa shape index (κ1) is 40.4. The third-order valence-electron chi connectivity index (χ3n) is 8.00. The minimum atomic E-state index is -0.545. The van der Waals surface area contributed by atoms with Gasteiger partial charge in [0.25, 0.3) is 0 Å². The van der Waals surface area contributed by atoms with Crippen molar-refractivity contribution < 1.29 is 9.59 Å². The summed E-state index contributed by atoms with van der Waals surface area (Å²) in [5.41, 5.74) is 0. The molecule has 0 saturated carbocycles. The molecule has 4 heteroatoms. The highest BCUT2D eigenvalue weighted by atomic mass is 16.2. The number of unbranched alkanes of at least 4 members (excludes halogenated alkanes) is 22. The van der Waals surface area contributed by atoms with Crippen molar-refractivity contribution >= 4 is 11.8 Å². The first-order chi connectivity index (χ1) is 20.6. The number of hydrogen-bond donors (Lipinski definition) is 2. The van der Waals surface area contributed by atoms with Gasteiger partial charge < -0.3 is 10.6 Å². The van der Waals surface area contributed by atoms with Crippen molar-refractivity contribution in [1.82, 2.24) is 10.6 Å². The molecule has 0 aliphatic rings. The number of carbonyl (C=O) groups is 2. The molecule has 0 bridgehead atoms. The molecular weight excluding hydrogens is 516 g/mol. The molecule has 0 unspecified atom stereocenters.